The predicted molar refractivity (Wildman–Crippen MR) is 73.7 cm³/mol. The molecule has 0 atom stereocenters. The molecule has 0 amide bonds. The summed E-state index contributed by atoms with van der Waals surface area (Å²) in [5.41, 5.74) is 1.65. The van der Waals surface area contributed by atoms with Crippen molar-refractivity contribution in [3.8, 4) is 6.07 Å². The summed E-state index contributed by atoms with van der Waals surface area (Å²) in [6.07, 6.45) is 5.13. The molecular formula is C15H16N2O2. The van der Waals surface area contributed by atoms with E-state index in [9.17, 15) is 4.79 Å². The van der Waals surface area contributed by atoms with Crippen molar-refractivity contribution in [2.45, 2.75) is 19.3 Å². The van der Waals surface area contributed by atoms with Crippen molar-refractivity contribution in [1.82, 2.24) is 0 Å². The molecule has 0 bridgehead atoms. The largest absolute Gasteiger partial charge is 0.477 e. The maximum Gasteiger partial charge on any atom is 0.346 e. The predicted octanol–water partition coefficient (Wildman–Crippen LogP) is 2.67. The Kier molecular flexibility index (Phi) is 4.19. The van der Waals surface area contributed by atoms with Crippen molar-refractivity contribution in [3.05, 3.63) is 35.4 Å². The zero-order chi connectivity index (χ0) is 13.7. The summed E-state index contributed by atoms with van der Waals surface area (Å²) in [6, 6.07) is 9.34. The topological polar surface area (TPSA) is 64.3 Å². The first-order chi connectivity index (χ1) is 9.20. The number of carboxylic acids is 1. The second-order valence-electron chi connectivity index (χ2n) is 4.61. The lowest BCUT2D eigenvalue weighted by Crippen LogP contribution is -2.29. The Bertz CT molecular complexity index is 520. The van der Waals surface area contributed by atoms with E-state index in [1.54, 1.807) is 6.07 Å². The molecule has 0 saturated carbocycles. The lowest BCUT2D eigenvalue weighted by molar-refractivity contribution is -0.132. The number of anilines is 1. The first-order valence-corrected chi connectivity index (χ1v) is 6.41. The van der Waals surface area contributed by atoms with Gasteiger partial charge in [-0.05, 0) is 43.0 Å². The maximum absolute atomic E-state index is 10.8. The molecule has 0 radical (unpaired) electrons. The molecule has 1 N–H and O–H groups in total. The van der Waals surface area contributed by atoms with Gasteiger partial charge in [-0.3, -0.25) is 0 Å². The van der Waals surface area contributed by atoms with Crippen LogP contribution in [0.1, 0.15) is 24.8 Å². The molecule has 0 unspecified atom stereocenters. The van der Waals surface area contributed by atoms with Crippen LogP contribution in [0.5, 0.6) is 0 Å². The van der Waals surface area contributed by atoms with Crippen LogP contribution >= 0.6 is 0 Å². The summed E-state index contributed by atoms with van der Waals surface area (Å²) in [7, 11) is 0. The molecule has 1 aliphatic rings. The van der Waals surface area contributed by atoms with Gasteiger partial charge in [0.15, 0.2) is 0 Å². The van der Waals surface area contributed by atoms with Gasteiger partial charge in [-0.1, -0.05) is 12.1 Å². The molecule has 0 aliphatic carbocycles. The molecule has 1 heterocycles. The van der Waals surface area contributed by atoms with Crippen LogP contribution in [-0.2, 0) is 4.79 Å². The minimum absolute atomic E-state index is 0.245. The maximum atomic E-state index is 10.8. The summed E-state index contributed by atoms with van der Waals surface area (Å²) < 4.78 is 0. The van der Waals surface area contributed by atoms with Crippen LogP contribution in [0, 0.1) is 11.3 Å². The minimum atomic E-state index is -1.19. The molecule has 1 aromatic rings. The van der Waals surface area contributed by atoms with E-state index in [0.717, 1.165) is 24.3 Å². The fourth-order valence-electron chi connectivity index (χ4n) is 2.24. The van der Waals surface area contributed by atoms with E-state index < -0.39 is 5.97 Å². The SMILES string of the molecule is N#C/C(=C\c1ccc(N2CCCCC2)cc1)C(=O)O. The van der Waals surface area contributed by atoms with Crippen molar-refractivity contribution in [3.63, 3.8) is 0 Å². The molecule has 98 valence electrons. The van der Waals surface area contributed by atoms with Crippen molar-refractivity contribution < 1.29 is 9.90 Å². The average Bonchev–Trinajstić information content (AvgIpc) is 2.46. The normalized spacial score (nSPS) is 15.9. The van der Waals surface area contributed by atoms with E-state index in [1.807, 2.05) is 24.3 Å². The number of carbonyl (C=O) groups is 1. The van der Waals surface area contributed by atoms with Crippen LogP contribution < -0.4 is 4.90 Å². The Morgan fingerprint density at radius 2 is 1.84 bits per heavy atom. The Morgan fingerprint density at radius 3 is 2.37 bits per heavy atom. The smallest absolute Gasteiger partial charge is 0.346 e. The van der Waals surface area contributed by atoms with Gasteiger partial charge in [0.1, 0.15) is 11.6 Å². The average molecular weight is 256 g/mol. The highest BCUT2D eigenvalue weighted by atomic mass is 16.4. The summed E-state index contributed by atoms with van der Waals surface area (Å²) in [4.78, 5) is 13.1. The number of aliphatic carboxylic acids is 1. The van der Waals surface area contributed by atoms with Crippen LogP contribution in [0.25, 0.3) is 6.08 Å². The third kappa shape index (κ3) is 3.35. The lowest BCUT2D eigenvalue weighted by Gasteiger charge is -2.28. The second-order valence-corrected chi connectivity index (χ2v) is 4.61. The molecule has 0 spiro atoms. The van der Waals surface area contributed by atoms with E-state index >= 15 is 0 Å². The van der Waals surface area contributed by atoms with Gasteiger partial charge >= 0.3 is 5.97 Å². The van der Waals surface area contributed by atoms with E-state index in [-0.39, 0.29) is 5.57 Å². The fourth-order valence-corrected chi connectivity index (χ4v) is 2.24. The van der Waals surface area contributed by atoms with Gasteiger partial charge in [-0.25, -0.2) is 4.79 Å². The zero-order valence-corrected chi connectivity index (χ0v) is 10.7. The summed E-state index contributed by atoms with van der Waals surface area (Å²) in [6.45, 7) is 2.15. The van der Waals surface area contributed by atoms with Crippen molar-refractivity contribution in [2.24, 2.45) is 0 Å². The van der Waals surface area contributed by atoms with Gasteiger partial charge in [0.25, 0.3) is 0 Å². The molecular weight excluding hydrogens is 240 g/mol. The van der Waals surface area contributed by atoms with Gasteiger partial charge in [0.2, 0.25) is 0 Å². The Balaban J connectivity index is 2.14. The van der Waals surface area contributed by atoms with E-state index in [2.05, 4.69) is 4.90 Å². The first-order valence-electron chi connectivity index (χ1n) is 6.41. The van der Waals surface area contributed by atoms with Crippen LogP contribution in [0.2, 0.25) is 0 Å². The third-order valence-electron chi connectivity index (χ3n) is 3.28. The highest BCUT2D eigenvalue weighted by Crippen LogP contribution is 2.21. The molecule has 4 nitrogen and oxygen atoms in total. The summed E-state index contributed by atoms with van der Waals surface area (Å²) in [5, 5.41) is 17.5. The molecule has 1 aliphatic heterocycles. The van der Waals surface area contributed by atoms with Crippen LogP contribution in [0.3, 0.4) is 0 Å². The van der Waals surface area contributed by atoms with E-state index in [1.165, 1.54) is 25.3 Å². The number of benzene rings is 1. The Hall–Kier alpha value is -2.28. The number of nitriles is 1. The number of piperidine rings is 1. The molecule has 1 saturated heterocycles. The Morgan fingerprint density at radius 1 is 1.21 bits per heavy atom. The molecule has 2 rings (SSSR count). The molecule has 4 heteroatoms. The van der Waals surface area contributed by atoms with Gasteiger partial charge in [-0.2, -0.15) is 5.26 Å². The third-order valence-corrected chi connectivity index (χ3v) is 3.28. The second kappa shape index (κ2) is 6.05. The van der Waals surface area contributed by atoms with E-state index in [0.29, 0.717) is 0 Å². The molecule has 0 aromatic heterocycles. The minimum Gasteiger partial charge on any atom is -0.477 e. The van der Waals surface area contributed by atoms with Crippen LogP contribution in [-0.4, -0.2) is 24.2 Å². The summed E-state index contributed by atoms with van der Waals surface area (Å²) in [5.74, 6) is -1.19. The van der Waals surface area contributed by atoms with Crippen LogP contribution in [0.15, 0.2) is 29.8 Å². The van der Waals surface area contributed by atoms with Crippen molar-refractivity contribution >= 4 is 17.7 Å². The standard InChI is InChI=1S/C15H16N2O2/c16-11-13(15(18)19)10-12-4-6-14(7-5-12)17-8-2-1-3-9-17/h4-7,10H,1-3,8-9H2,(H,18,19)/b13-10+. The highest BCUT2D eigenvalue weighted by molar-refractivity contribution is 5.96. The lowest BCUT2D eigenvalue weighted by atomic mass is 10.1. The van der Waals surface area contributed by atoms with Gasteiger partial charge in [0.05, 0.1) is 0 Å². The van der Waals surface area contributed by atoms with Crippen LogP contribution in [0.4, 0.5) is 5.69 Å². The quantitative estimate of drug-likeness (QED) is 0.667. The van der Waals surface area contributed by atoms with Crippen molar-refractivity contribution in [2.75, 3.05) is 18.0 Å². The summed E-state index contributed by atoms with van der Waals surface area (Å²) >= 11 is 0. The molecule has 1 aromatic carbocycles. The van der Waals surface area contributed by atoms with Gasteiger partial charge in [-0.15, -0.1) is 0 Å². The number of nitrogens with zero attached hydrogens (tertiary/aromatic N) is 2. The molecule has 1 fully saturated rings. The van der Waals surface area contributed by atoms with Crippen molar-refractivity contribution in [1.29, 1.82) is 5.26 Å². The Labute approximate surface area is 112 Å². The van der Waals surface area contributed by atoms with Gasteiger partial charge < -0.3 is 10.0 Å². The van der Waals surface area contributed by atoms with E-state index in [4.69, 9.17) is 10.4 Å². The number of hydrogen-bond donors (Lipinski definition) is 1. The number of rotatable bonds is 3. The number of hydrogen-bond acceptors (Lipinski definition) is 3. The zero-order valence-electron chi connectivity index (χ0n) is 10.7. The highest BCUT2D eigenvalue weighted by Gasteiger charge is 2.10. The molecule has 19 heavy (non-hydrogen) atoms. The monoisotopic (exact) mass is 256 g/mol. The van der Waals surface area contributed by atoms with Gasteiger partial charge in [0, 0.05) is 18.8 Å². The number of carboxylic acid groups (broad SMARTS) is 1. The fraction of sp³-hybridized carbons (Fsp3) is 0.333. The first kappa shape index (κ1) is 13.2.